The standard InChI is InChI=1S/C9H7F2NO2/c10-9(11)14-8-4-1-5-6(12-8)2-3-7(5)13/h1,4,9H,2-3H2. The lowest BCUT2D eigenvalue weighted by Crippen LogP contribution is -2.04. The number of aromatic nitrogens is 1. The molecule has 0 N–H and O–H groups in total. The van der Waals surface area contributed by atoms with Crippen molar-refractivity contribution in [2.24, 2.45) is 0 Å². The Morgan fingerprint density at radius 3 is 2.86 bits per heavy atom. The Labute approximate surface area is 78.7 Å². The van der Waals surface area contributed by atoms with Crippen molar-refractivity contribution in [3.05, 3.63) is 23.4 Å². The number of hydrogen-bond donors (Lipinski definition) is 0. The SMILES string of the molecule is O=C1CCc2nc(OC(F)F)ccc21. The zero-order chi connectivity index (χ0) is 10.1. The first-order chi connectivity index (χ1) is 6.66. The summed E-state index contributed by atoms with van der Waals surface area (Å²) in [5.74, 6) is -0.121. The van der Waals surface area contributed by atoms with Gasteiger partial charge in [-0.25, -0.2) is 4.98 Å². The Morgan fingerprint density at radius 2 is 2.14 bits per heavy atom. The topological polar surface area (TPSA) is 39.2 Å². The molecule has 0 atom stereocenters. The van der Waals surface area contributed by atoms with Crippen LogP contribution in [0.1, 0.15) is 22.5 Å². The number of nitrogens with zero attached hydrogens (tertiary/aromatic N) is 1. The second-order valence-electron chi connectivity index (χ2n) is 2.95. The number of fused-ring (bicyclic) bond motifs is 1. The van der Waals surface area contributed by atoms with Gasteiger partial charge in [-0.1, -0.05) is 0 Å². The molecule has 1 aliphatic carbocycles. The Balaban J connectivity index is 2.28. The van der Waals surface area contributed by atoms with Gasteiger partial charge in [0.15, 0.2) is 5.78 Å². The van der Waals surface area contributed by atoms with E-state index in [4.69, 9.17) is 0 Å². The molecule has 0 saturated carbocycles. The van der Waals surface area contributed by atoms with Gasteiger partial charge in [0.05, 0.1) is 5.69 Å². The molecular formula is C9H7F2NO2. The molecule has 74 valence electrons. The van der Waals surface area contributed by atoms with Crippen molar-refractivity contribution < 1.29 is 18.3 Å². The third kappa shape index (κ3) is 1.57. The summed E-state index contributed by atoms with van der Waals surface area (Å²) in [5.41, 5.74) is 1.07. The molecule has 1 heterocycles. The largest absolute Gasteiger partial charge is 0.417 e. The molecule has 5 heteroatoms. The van der Waals surface area contributed by atoms with Crippen LogP contribution in [0.2, 0.25) is 0 Å². The molecule has 0 unspecified atom stereocenters. The van der Waals surface area contributed by atoms with Crippen LogP contribution in [-0.2, 0) is 6.42 Å². The van der Waals surface area contributed by atoms with Crippen LogP contribution in [-0.4, -0.2) is 17.4 Å². The van der Waals surface area contributed by atoms with Crippen molar-refractivity contribution in [2.75, 3.05) is 0 Å². The second kappa shape index (κ2) is 3.32. The molecule has 0 amide bonds. The summed E-state index contributed by atoms with van der Waals surface area (Å²) >= 11 is 0. The van der Waals surface area contributed by atoms with E-state index >= 15 is 0 Å². The smallest absolute Gasteiger partial charge is 0.388 e. The molecule has 2 rings (SSSR count). The molecule has 0 aliphatic heterocycles. The number of Topliss-reactive ketones (excluding diaryl/α,β-unsaturated/α-hetero) is 1. The van der Waals surface area contributed by atoms with Crippen LogP contribution in [0, 0.1) is 0 Å². The molecule has 1 aromatic rings. The van der Waals surface area contributed by atoms with Gasteiger partial charge in [0.1, 0.15) is 0 Å². The van der Waals surface area contributed by atoms with Crippen LogP contribution >= 0.6 is 0 Å². The van der Waals surface area contributed by atoms with E-state index < -0.39 is 6.61 Å². The number of aryl methyl sites for hydroxylation is 1. The number of ether oxygens (including phenoxy) is 1. The second-order valence-corrected chi connectivity index (χ2v) is 2.95. The lowest BCUT2D eigenvalue weighted by molar-refractivity contribution is -0.0529. The maximum Gasteiger partial charge on any atom is 0.388 e. The first-order valence-electron chi connectivity index (χ1n) is 4.15. The van der Waals surface area contributed by atoms with Crippen molar-refractivity contribution in [1.29, 1.82) is 0 Å². The molecule has 14 heavy (non-hydrogen) atoms. The maximum absolute atomic E-state index is 11.8. The summed E-state index contributed by atoms with van der Waals surface area (Å²) < 4.78 is 27.8. The average molecular weight is 199 g/mol. The summed E-state index contributed by atoms with van der Waals surface area (Å²) in [6, 6.07) is 2.77. The Kier molecular flexibility index (Phi) is 2.15. The normalized spacial score (nSPS) is 14.6. The van der Waals surface area contributed by atoms with Crippen LogP contribution in [0.25, 0.3) is 0 Å². The van der Waals surface area contributed by atoms with E-state index in [9.17, 15) is 13.6 Å². The predicted molar refractivity (Wildman–Crippen MR) is 43.5 cm³/mol. The van der Waals surface area contributed by atoms with E-state index in [0.29, 0.717) is 24.1 Å². The summed E-state index contributed by atoms with van der Waals surface area (Å²) in [5, 5.41) is 0. The fraction of sp³-hybridized carbons (Fsp3) is 0.333. The highest BCUT2D eigenvalue weighted by Crippen LogP contribution is 2.23. The van der Waals surface area contributed by atoms with Gasteiger partial charge < -0.3 is 4.74 Å². The monoisotopic (exact) mass is 199 g/mol. The van der Waals surface area contributed by atoms with Gasteiger partial charge >= 0.3 is 6.61 Å². The molecule has 0 spiro atoms. The number of carbonyl (C=O) groups is 1. The minimum atomic E-state index is -2.88. The molecule has 0 saturated heterocycles. The van der Waals surface area contributed by atoms with Gasteiger partial charge in [-0.3, -0.25) is 4.79 Å². The highest BCUT2D eigenvalue weighted by atomic mass is 19.3. The highest BCUT2D eigenvalue weighted by Gasteiger charge is 2.21. The van der Waals surface area contributed by atoms with Crippen LogP contribution < -0.4 is 4.74 Å². The van der Waals surface area contributed by atoms with E-state index in [1.54, 1.807) is 0 Å². The zero-order valence-electron chi connectivity index (χ0n) is 7.17. The molecule has 0 fully saturated rings. The number of alkyl halides is 2. The van der Waals surface area contributed by atoms with Crippen LogP contribution in [0.5, 0.6) is 5.88 Å². The number of ketones is 1. The fourth-order valence-electron chi connectivity index (χ4n) is 1.45. The molecule has 1 aromatic heterocycles. The third-order valence-corrected chi connectivity index (χ3v) is 2.05. The molecule has 3 nitrogen and oxygen atoms in total. The van der Waals surface area contributed by atoms with E-state index in [1.165, 1.54) is 12.1 Å². The van der Waals surface area contributed by atoms with Crippen molar-refractivity contribution in [2.45, 2.75) is 19.5 Å². The molecule has 0 aromatic carbocycles. The Bertz CT molecular complexity index is 379. The quantitative estimate of drug-likeness (QED) is 0.729. The summed E-state index contributed by atoms with van der Waals surface area (Å²) in [4.78, 5) is 15.0. The van der Waals surface area contributed by atoms with Gasteiger partial charge in [-0.05, 0) is 12.5 Å². The van der Waals surface area contributed by atoms with Crippen LogP contribution in [0.4, 0.5) is 8.78 Å². The third-order valence-electron chi connectivity index (χ3n) is 2.05. The van der Waals surface area contributed by atoms with Crippen LogP contribution in [0.15, 0.2) is 12.1 Å². The Hall–Kier alpha value is -1.52. The van der Waals surface area contributed by atoms with E-state index in [0.717, 1.165) is 0 Å². The minimum absolute atomic E-state index is 0.0103. The number of halogens is 2. The van der Waals surface area contributed by atoms with Gasteiger partial charge in [0.25, 0.3) is 0 Å². The highest BCUT2D eigenvalue weighted by molar-refractivity contribution is 5.99. The first-order valence-corrected chi connectivity index (χ1v) is 4.15. The summed E-state index contributed by atoms with van der Waals surface area (Å²) in [6.07, 6.45) is 0.912. The van der Waals surface area contributed by atoms with Crippen LogP contribution in [0.3, 0.4) is 0 Å². The lowest BCUT2D eigenvalue weighted by Gasteiger charge is -2.04. The summed E-state index contributed by atoms with van der Waals surface area (Å²) in [6.45, 7) is -2.88. The number of carbonyl (C=O) groups excluding carboxylic acids is 1. The van der Waals surface area contributed by atoms with Gasteiger partial charge in [-0.2, -0.15) is 8.78 Å². The Morgan fingerprint density at radius 1 is 1.36 bits per heavy atom. The molecule has 0 bridgehead atoms. The van der Waals surface area contributed by atoms with E-state index in [-0.39, 0.29) is 11.7 Å². The van der Waals surface area contributed by atoms with E-state index in [2.05, 4.69) is 9.72 Å². The predicted octanol–water partition coefficient (Wildman–Crippen LogP) is 1.81. The first kappa shape index (κ1) is 9.05. The lowest BCUT2D eigenvalue weighted by atomic mass is 10.2. The number of pyridine rings is 1. The van der Waals surface area contributed by atoms with Crippen molar-refractivity contribution >= 4 is 5.78 Å². The zero-order valence-corrected chi connectivity index (χ0v) is 7.17. The minimum Gasteiger partial charge on any atom is -0.417 e. The van der Waals surface area contributed by atoms with Gasteiger partial charge in [0, 0.05) is 18.1 Å². The van der Waals surface area contributed by atoms with Gasteiger partial charge in [-0.15, -0.1) is 0 Å². The van der Waals surface area contributed by atoms with Crippen molar-refractivity contribution in [3.8, 4) is 5.88 Å². The van der Waals surface area contributed by atoms with Crippen molar-refractivity contribution in [3.63, 3.8) is 0 Å². The maximum atomic E-state index is 11.8. The fourth-order valence-corrected chi connectivity index (χ4v) is 1.45. The molecule has 1 aliphatic rings. The number of rotatable bonds is 2. The number of hydrogen-bond acceptors (Lipinski definition) is 3. The van der Waals surface area contributed by atoms with E-state index in [1.807, 2.05) is 0 Å². The molecular weight excluding hydrogens is 192 g/mol. The van der Waals surface area contributed by atoms with Crippen molar-refractivity contribution in [1.82, 2.24) is 4.98 Å². The van der Waals surface area contributed by atoms with Gasteiger partial charge in [0.2, 0.25) is 5.88 Å². The average Bonchev–Trinajstić information content (AvgIpc) is 2.46. The summed E-state index contributed by atoms with van der Waals surface area (Å²) in [7, 11) is 0. The molecule has 0 radical (unpaired) electrons.